The van der Waals surface area contributed by atoms with Crippen molar-refractivity contribution in [1.29, 1.82) is 0 Å². The summed E-state index contributed by atoms with van der Waals surface area (Å²) in [6.07, 6.45) is 1.18. The molecule has 0 aliphatic carbocycles. The summed E-state index contributed by atoms with van der Waals surface area (Å²) in [6, 6.07) is 4.95. The molecule has 0 saturated carbocycles. The van der Waals surface area contributed by atoms with Gasteiger partial charge >= 0.3 is 0 Å². The molecule has 7 nitrogen and oxygen atoms in total. The third-order valence-corrected chi connectivity index (χ3v) is 4.90. The first-order chi connectivity index (χ1) is 13.5. The molecule has 2 aliphatic rings. The molecule has 0 unspecified atom stereocenters. The normalized spacial score (nSPS) is 18.5. The van der Waals surface area contributed by atoms with Crippen molar-refractivity contribution in [1.82, 2.24) is 14.9 Å². The zero-order valence-corrected chi connectivity index (χ0v) is 15.4. The Morgan fingerprint density at radius 2 is 1.79 bits per heavy atom. The SMILES string of the molecule is Cc1nc(Nc2c(F)cccc2F)cc(C(=O)N2CCC3(CC2)OCCO3)n1. The second-order valence-corrected chi connectivity index (χ2v) is 6.81. The number of hydrogen-bond donors (Lipinski definition) is 1. The third kappa shape index (κ3) is 3.67. The number of halogens is 2. The Bertz CT molecular complexity index is 872. The van der Waals surface area contributed by atoms with Crippen molar-refractivity contribution in [2.45, 2.75) is 25.6 Å². The van der Waals surface area contributed by atoms with Gasteiger partial charge in [-0.15, -0.1) is 0 Å². The second-order valence-electron chi connectivity index (χ2n) is 6.81. The van der Waals surface area contributed by atoms with Gasteiger partial charge in [0, 0.05) is 32.0 Å². The van der Waals surface area contributed by atoms with Crippen LogP contribution >= 0.6 is 0 Å². The van der Waals surface area contributed by atoms with E-state index in [9.17, 15) is 13.6 Å². The van der Waals surface area contributed by atoms with Crippen LogP contribution in [0.1, 0.15) is 29.2 Å². The molecule has 2 aromatic rings. The molecule has 4 rings (SSSR count). The van der Waals surface area contributed by atoms with Crippen molar-refractivity contribution >= 4 is 17.4 Å². The Morgan fingerprint density at radius 1 is 1.14 bits per heavy atom. The van der Waals surface area contributed by atoms with Crippen LogP contribution in [0.2, 0.25) is 0 Å². The standard InChI is InChI=1S/C19H20F2N4O3/c1-12-22-15(11-16(23-12)24-17-13(20)3-2-4-14(17)21)18(26)25-7-5-19(6-8-25)27-9-10-28-19/h2-4,11H,5-10H2,1H3,(H,22,23,24). The zero-order chi connectivity index (χ0) is 19.7. The Labute approximate surface area is 160 Å². The number of likely N-dealkylation sites (tertiary alicyclic amines) is 1. The van der Waals surface area contributed by atoms with Crippen molar-refractivity contribution in [2.75, 3.05) is 31.6 Å². The third-order valence-electron chi connectivity index (χ3n) is 4.90. The fourth-order valence-electron chi connectivity index (χ4n) is 3.48. The smallest absolute Gasteiger partial charge is 0.272 e. The number of benzene rings is 1. The minimum absolute atomic E-state index is 0.149. The van der Waals surface area contributed by atoms with E-state index in [1.54, 1.807) is 11.8 Å². The van der Waals surface area contributed by atoms with Gasteiger partial charge < -0.3 is 19.7 Å². The van der Waals surface area contributed by atoms with Gasteiger partial charge in [-0.05, 0) is 19.1 Å². The number of carbonyl (C=O) groups excluding carboxylic acids is 1. The average molecular weight is 390 g/mol. The number of piperidine rings is 1. The van der Waals surface area contributed by atoms with Gasteiger partial charge in [0.2, 0.25) is 0 Å². The number of carbonyl (C=O) groups is 1. The van der Waals surface area contributed by atoms with Crippen LogP contribution in [0.15, 0.2) is 24.3 Å². The molecule has 1 spiro atoms. The van der Waals surface area contributed by atoms with Crippen molar-refractivity contribution < 1.29 is 23.0 Å². The number of amides is 1. The Morgan fingerprint density at radius 3 is 2.43 bits per heavy atom. The molecule has 2 aliphatic heterocycles. The summed E-state index contributed by atoms with van der Waals surface area (Å²) >= 11 is 0. The highest BCUT2D eigenvalue weighted by Crippen LogP contribution is 2.32. The van der Waals surface area contributed by atoms with Crippen molar-refractivity contribution in [3.8, 4) is 0 Å². The number of aromatic nitrogens is 2. The maximum atomic E-state index is 13.9. The molecular weight excluding hydrogens is 370 g/mol. The fraction of sp³-hybridized carbons (Fsp3) is 0.421. The van der Waals surface area contributed by atoms with E-state index in [1.807, 2.05) is 0 Å². The number of nitrogens with zero attached hydrogens (tertiary/aromatic N) is 3. The van der Waals surface area contributed by atoms with Gasteiger partial charge in [-0.1, -0.05) is 6.07 Å². The van der Waals surface area contributed by atoms with Crippen molar-refractivity contribution in [3.63, 3.8) is 0 Å². The predicted octanol–water partition coefficient (Wildman–Crippen LogP) is 2.79. The summed E-state index contributed by atoms with van der Waals surface area (Å²) in [5.74, 6) is -1.87. The Balaban J connectivity index is 1.51. The Hall–Kier alpha value is -2.65. The van der Waals surface area contributed by atoms with Crippen LogP contribution in [0.5, 0.6) is 0 Å². The number of nitrogens with one attached hydrogen (secondary N) is 1. The molecule has 1 N–H and O–H groups in total. The maximum Gasteiger partial charge on any atom is 0.272 e. The highest BCUT2D eigenvalue weighted by molar-refractivity contribution is 5.93. The lowest BCUT2D eigenvalue weighted by Crippen LogP contribution is -2.47. The fourth-order valence-corrected chi connectivity index (χ4v) is 3.48. The molecule has 3 heterocycles. The van der Waals surface area contributed by atoms with E-state index in [2.05, 4.69) is 15.3 Å². The average Bonchev–Trinajstić information content (AvgIpc) is 3.12. The summed E-state index contributed by atoms with van der Waals surface area (Å²) in [7, 11) is 0. The minimum Gasteiger partial charge on any atom is -0.347 e. The van der Waals surface area contributed by atoms with E-state index < -0.39 is 17.4 Å². The lowest BCUT2D eigenvalue weighted by Gasteiger charge is -2.37. The molecule has 0 bridgehead atoms. The van der Waals surface area contributed by atoms with Crippen LogP contribution in [0.25, 0.3) is 0 Å². The molecule has 1 amide bonds. The van der Waals surface area contributed by atoms with E-state index in [0.29, 0.717) is 45.0 Å². The van der Waals surface area contributed by atoms with E-state index in [-0.39, 0.29) is 23.1 Å². The van der Waals surface area contributed by atoms with Gasteiger partial charge in [-0.2, -0.15) is 0 Å². The molecule has 2 fully saturated rings. The van der Waals surface area contributed by atoms with Gasteiger partial charge in [-0.3, -0.25) is 4.79 Å². The second kappa shape index (κ2) is 7.40. The highest BCUT2D eigenvalue weighted by Gasteiger charge is 2.41. The first-order valence-corrected chi connectivity index (χ1v) is 9.10. The van der Waals surface area contributed by atoms with Crippen LogP contribution in [-0.2, 0) is 9.47 Å². The van der Waals surface area contributed by atoms with Crippen LogP contribution in [0, 0.1) is 18.6 Å². The molecule has 28 heavy (non-hydrogen) atoms. The van der Waals surface area contributed by atoms with Gasteiger partial charge in [0.25, 0.3) is 5.91 Å². The van der Waals surface area contributed by atoms with Crippen LogP contribution in [0.3, 0.4) is 0 Å². The first-order valence-electron chi connectivity index (χ1n) is 9.10. The first kappa shape index (κ1) is 18.7. The molecule has 1 aromatic carbocycles. The minimum atomic E-state index is -0.748. The molecular formula is C19H20F2N4O3. The summed E-state index contributed by atoms with van der Waals surface area (Å²) in [4.78, 5) is 22.9. The maximum absolute atomic E-state index is 13.9. The zero-order valence-electron chi connectivity index (χ0n) is 15.4. The molecule has 0 atom stereocenters. The van der Waals surface area contributed by atoms with Crippen LogP contribution < -0.4 is 5.32 Å². The summed E-state index contributed by atoms with van der Waals surface area (Å²) in [6.45, 7) is 3.71. The number of para-hydroxylation sites is 1. The lowest BCUT2D eigenvalue weighted by atomic mass is 10.0. The topological polar surface area (TPSA) is 76.6 Å². The summed E-state index contributed by atoms with van der Waals surface area (Å²) in [5.41, 5.74) is -0.162. The molecule has 148 valence electrons. The number of rotatable bonds is 3. The van der Waals surface area contributed by atoms with Crippen LogP contribution in [-0.4, -0.2) is 52.9 Å². The molecule has 9 heteroatoms. The van der Waals surface area contributed by atoms with E-state index in [1.165, 1.54) is 12.1 Å². The number of aryl methyl sites for hydroxylation is 1. The number of hydrogen-bond acceptors (Lipinski definition) is 6. The predicted molar refractivity (Wildman–Crippen MR) is 96.2 cm³/mol. The summed E-state index contributed by atoms with van der Waals surface area (Å²) in [5, 5.41) is 2.61. The van der Waals surface area contributed by atoms with E-state index >= 15 is 0 Å². The van der Waals surface area contributed by atoms with Gasteiger partial charge in [0.05, 0.1) is 13.2 Å². The van der Waals surface area contributed by atoms with E-state index in [0.717, 1.165) is 12.1 Å². The van der Waals surface area contributed by atoms with Crippen molar-refractivity contribution in [3.05, 3.63) is 47.4 Å². The van der Waals surface area contributed by atoms with Crippen molar-refractivity contribution in [2.24, 2.45) is 0 Å². The van der Waals surface area contributed by atoms with Gasteiger partial charge in [0.15, 0.2) is 5.79 Å². The van der Waals surface area contributed by atoms with Gasteiger partial charge in [0.1, 0.15) is 34.7 Å². The number of anilines is 2. The quantitative estimate of drug-likeness (QED) is 0.869. The lowest BCUT2D eigenvalue weighted by molar-refractivity contribution is -0.181. The Kier molecular flexibility index (Phi) is 4.94. The van der Waals surface area contributed by atoms with E-state index in [4.69, 9.17) is 9.47 Å². The molecule has 0 radical (unpaired) electrons. The van der Waals surface area contributed by atoms with Gasteiger partial charge in [-0.25, -0.2) is 18.7 Å². The summed E-state index contributed by atoms with van der Waals surface area (Å²) < 4.78 is 39.1. The highest BCUT2D eigenvalue weighted by atomic mass is 19.1. The van der Waals surface area contributed by atoms with Crippen LogP contribution in [0.4, 0.5) is 20.3 Å². The number of ether oxygens (including phenoxy) is 2. The molecule has 1 aromatic heterocycles. The monoisotopic (exact) mass is 390 g/mol. The molecule has 2 saturated heterocycles. The largest absolute Gasteiger partial charge is 0.347 e.